The van der Waals surface area contributed by atoms with Crippen LogP contribution in [0.15, 0.2) is 30.5 Å². The van der Waals surface area contributed by atoms with E-state index in [1.165, 1.54) is 35.1 Å². The summed E-state index contributed by atoms with van der Waals surface area (Å²) in [5, 5.41) is 13.1. The number of rotatable bonds is 5. The molecule has 0 radical (unpaired) electrons. The van der Waals surface area contributed by atoms with Gasteiger partial charge >= 0.3 is 5.97 Å². The van der Waals surface area contributed by atoms with E-state index in [0.29, 0.717) is 18.2 Å². The van der Waals surface area contributed by atoms with Crippen molar-refractivity contribution in [2.75, 3.05) is 6.61 Å². The Labute approximate surface area is 114 Å². The first-order valence-electron chi connectivity index (χ1n) is 6.35. The van der Waals surface area contributed by atoms with Crippen LogP contribution in [0, 0.1) is 11.7 Å². The zero-order valence-electron chi connectivity index (χ0n) is 10.6. The minimum atomic E-state index is -1.14. The van der Waals surface area contributed by atoms with E-state index in [-0.39, 0.29) is 17.3 Å². The molecule has 1 saturated carbocycles. The van der Waals surface area contributed by atoms with Crippen LogP contribution in [0.3, 0.4) is 0 Å². The number of nitrogens with zero attached hydrogens (tertiary/aromatic N) is 2. The molecule has 1 aliphatic rings. The number of hydrogen-bond acceptors (Lipinski definition) is 3. The van der Waals surface area contributed by atoms with E-state index in [0.717, 1.165) is 12.8 Å². The number of aromatic nitrogens is 2. The van der Waals surface area contributed by atoms with E-state index in [2.05, 4.69) is 5.10 Å². The number of halogens is 1. The van der Waals surface area contributed by atoms with Gasteiger partial charge in [0.05, 0.1) is 18.5 Å². The monoisotopic (exact) mass is 276 g/mol. The Kier molecular flexibility index (Phi) is 3.14. The molecule has 5 nitrogen and oxygen atoms in total. The first kappa shape index (κ1) is 12.7. The molecule has 0 saturated heterocycles. The predicted octanol–water partition coefficient (Wildman–Crippen LogP) is 2.50. The summed E-state index contributed by atoms with van der Waals surface area (Å²) in [6, 6.07) is 5.64. The fourth-order valence-electron chi connectivity index (χ4n) is 1.83. The maximum Gasteiger partial charge on any atom is 0.360 e. The summed E-state index contributed by atoms with van der Waals surface area (Å²) in [5.74, 6) is -0.735. The molecule has 20 heavy (non-hydrogen) atoms. The van der Waals surface area contributed by atoms with Gasteiger partial charge in [0.15, 0.2) is 5.75 Å². The number of carboxylic acid groups (broad SMARTS) is 1. The molecule has 6 heteroatoms. The Morgan fingerprint density at radius 2 is 2.10 bits per heavy atom. The van der Waals surface area contributed by atoms with Gasteiger partial charge in [0.25, 0.3) is 0 Å². The van der Waals surface area contributed by atoms with Gasteiger partial charge in [-0.3, -0.25) is 0 Å². The summed E-state index contributed by atoms with van der Waals surface area (Å²) >= 11 is 0. The van der Waals surface area contributed by atoms with Crippen LogP contribution in [-0.4, -0.2) is 27.5 Å². The van der Waals surface area contributed by atoms with Crippen LogP contribution in [0.5, 0.6) is 5.75 Å². The van der Waals surface area contributed by atoms with E-state index < -0.39 is 5.97 Å². The van der Waals surface area contributed by atoms with Crippen molar-refractivity contribution in [1.82, 2.24) is 9.78 Å². The van der Waals surface area contributed by atoms with Crippen LogP contribution in [0.2, 0.25) is 0 Å². The van der Waals surface area contributed by atoms with Gasteiger partial charge in [-0.05, 0) is 43.0 Å². The second-order valence-electron chi connectivity index (χ2n) is 4.82. The second kappa shape index (κ2) is 4.96. The van der Waals surface area contributed by atoms with Crippen molar-refractivity contribution in [3.05, 3.63) is 42.0 Å². The molecule has 0 spiro atoms. The highest BCUT2D eigenvalue weighted by Gasteiger charge is 2.24. The number of benzene rings is 1. The topological polar surface area (TPSA) is 64.3 Å². The van der Waals surface area contributed by atoms with Crippen molar-refractivity contribution in [3.8, 4) is 11.4 Å². The van der Waals surface area contributed by atoms with Gasteiger partial charge < -0.3 is 9.84 Å². The van der Waals surface area contributed by atoms with Gasteiger partial charge in [-0.2, -0.15) is 5.10 Å². The quantitative estimate of drug-likeness (QED) is 0.911. The number of hydrogen-bond donors (Lipinski definition) is 1. The van der Waals surface area contributed by atoms with Gasteiger partial charge in [0, 0.05) is 0 Å². The van der Waals surface area contributed by atoms with Crippen molar-refractivity contribution in [2.24, 2.45) is 5.92 Å². The van der Waals surface area contributed by atoms with Crippen LogP contribution in [0.25, 0.3) is 5.69 Å². The summed E-state index contributed by atoms with van der Waals surface area (Å²) in [7, 11) is 0. The Morgan fingerprint density at radius 1 is 1.40 bits per heavy atom. The molecular formula is C14H13FN2O3. The maximum absolute atomic E-state index is 12.9. The molecule has 104 valence electrons. The highest BCUT2D eigenvalue weighted by atomic mass is 19.1. The lowest BCUT2D eigenvalue weighted by Gasteiger charge is -2.02. The highest BCUT2D eigenvalue weighted by molar-refractivity contribution is 5.88. The van der Waals surface area contributed by atoms with E-state index in [1.54, 1.807) is 0 Å². The molecule has 3 rings (SSSR count). The molecule has 0 bridgehead atoms. The van der Waals surface area contributed by atoms with E-state index in [4.69, 9.17) is 9.84 Å². The van der Waals surface area contributed by atoms with Crippen molar-refractivity contribution in [3.63, 3.8) is 0 Å². The van der Waals surface area contributed by atoms with Gasteiger partial charge in [-0.1, -0.05) is 0 Å². The SMILES string of the molecule is O=C(O)c1nn(-c2ccc(F)cc2)cc1OCC1CC1. The van der Waals surface area contributed by atoms with Crippen LogP contribution >= 0.6 is 0 Å². The molecule has 1 N–H and O–H groups in total. The first-order valence-corrected chi connectivity index (χ1v) is 6.35. The summed E-state index contributed by atoms with van der Waals surface area (Å²) in [6.45, 7) is 0.509. The van der Waals surface area contributed by atoms with Crippen LogP contribution in [-0.2, 0) is 0 Å². The average molecular weight is 276 g/mol. The third kappa shape index (κ3) is 2.64. The summed E-state index contributed by atoms with van der Waals surface area (Å²) < 4.78 is 19.8. The Morgan fingerprint density at radius 3 is 2.70 bits per heavy atom. The number of carboxylic acids is 1. The standard InChI is InChI=1S/C14H13FN2O3/c15-10-3-5-11(6-4-10)17-7-12(13(16-17)14(18)19)20-8-9-1-2-9/h3-7,9H,1-2,8H2,(H,18,19). The van der Waals surface area contributed by atoms with Gasteiger partial charge in [0.1, 0.15) is 5.82 Å². The Balaban J connectivity index is 1.88. The summed E-state index contributed by atoms with van der Waals surface area (Å²) in [4.78, 5) is 11.2. The van der Waals surface area contributed by atoms with E-state index >= 15 is 0 Å². The van der Waals surface area contributed by atoms with Gasteiger partial charge in [-0.15, -0.1) is 0 Å². The smallest absolute Gasteiger partial charge is 0.360 e. The molecule has 0 aliphatic heterocycles. The predicted molar refractivity (Wildman–Crippen MR) is 68.7 cm³/mol. The van der Waals surface area contributed by atoms with Crippen molar-refractivity contribution >= 4 is 5.97 Å². The zero-order valence-corrected chi connectivity index (χ0v) is 10.6. The van der Waals surface area contributed by atoms with Crippen molar-refractivity contribution in [2.45, 2.75) is 12.8 Å². The maximum atomic E-state index is 12.9. The largest absolute Gasteiger partial charge is 0.489 e. The third-order valence-electron chi connectivity index (χ3n) is 3.15. The highest BCUT2D eigenvalue weighted by Crippen LogP contribution is 2.30. The lowest BCUT2D eigenvalue weighted by atomic mass is 10.3. The molecule has 0 atom stereocenters. The molecule has 1 aliphatic carbocycles. The van der Waals surface area contributed by atoms with Crippen molar-refractivity contribution < 1.29 is 19.0 Å². The zero-order chi connectivity index (χ0) is 14.1. The van der Waals surface area contributed by atoms with Crippen LogP contribution in [0.4, 0.5) is 4.39 Å². The first-order chi connectivity index (χ1) is 9.63. The lowest BCUT2D eigenvalue weighted by molar-refractivity contribution is 0.0685. The van der Waals surface area contributed by atoms with Gasteiger partial charge in [0.2, 0.25) is 5.69 Å². The summed E-state index contributed by atoms with van der Waals surface area (Å²) in [5.41, 5.74) is 0.449. The molecule has 2 aromatic rings. The Bertz CT molecular complexity index is 632. The van der Waals surface area contributed by atoms with E-state index in [9.17, 15) is 9.18 Å². The molecule has 0 amide bonds. The fourth-order valence-corrected chi connectivity index (χ4v) is 1.83. The third-order valence-corrected chi connectivity index (χ3v) is 3.15. The summed E-state index contributed by atoms with van der Waals surface area (Å²) in [6.07, 6.45) is 3.75. The molecule has 1 aromatic heterocycles. The molecular weight excluding hydrogens is 263 g/mol. The van der Waals surface area contributed by atoms with Crippen LogP contribution in [0.1, 0.15) is 23.3 Å². The molecule has 1 fully saturated rings. The average Bonchev–Trinajstić information content (AvgIpc) is 3.15. The van der Waals surface area contributed by atoms with Gasteiger partial charge in [-0.25, -0.2) is 13.9 Å². The molecule has 1 aromatic carbocycles. The molecule has 1 heterocycles. The second-order valence-corrected chi connectivity index (χ2v) is 4.82. The fraction of sp³-hybridized carbons (Fsp3) is 0.286. The normalized spacial score (nSPS) is 14.2. The number of carbonyl (C=O) groups is 1. The van der Waals surface area contributed by atoms with E-state index in [1.807, 2.05) is 0 Å². The van der Waals surface area contributed by atoms with Crippen LogP contribution < -0.4 is 4.74 Å². The minimum absolute atomic E-state index is 0.130. The lowest BCUT2D eigenvalue weighted by Crippen LogP contribution is -2.04. The number of ether oxygens (including phenoxy) is 1. The van der Waals surface area contributed by atoms with Crippen molar-refractivity contribution in [1.29, 1.82) is 0 Å². The number of aromatic carboxylic acids is 1. The minimum Gasteiger partial charge on any atom is -0.489 e. The molecule has 0 unspecified atom stereocenters. The Hall–Kier alpha value is -2.37.